The zero-order chi connectivity index (χ0) is 23.2. The summed E-state index contributed by atoms with van der Waals surface area (Å²) in [7, 11) is 1.59. The number of carbonyl (C=O) groups excluding carboxylic acids is 1. The zero-order valence-corrected chi connectivity index (χ0v) is 19.2. The number of rotatable bonds is 8. The Hall–Kier alpha value is -3.39. The van der Waals surface area contributed by atoms with Gasteiger partial charge in [-0.25, -0.2) is 4.68 Å². The van der Waals surface area contributed by atoms with Crippen LogP contribution in [0.4, 0.5) is 5.69 Å². The number of benzene rings is 3. The minimum atomic E-state index is -0.186. The van der Waals surface area contributed by atoms with Crippen molar-refractivity contribution in [1.29, 1.82) is 0 Å². The number of hydrogen-bond acceptors (Lipinski definition) is 5. The topological polar surface area (TPSA) is 78.3 Å². The number of nitrogens with zero attached hydrogens (tertiary/aromatic N) is 3. The van der Waals surface area contributed by atoms with Crippen molar-refractivity contribution in [3.05, 3.63) is 88.4 Å². The number of methoxy groups -OCH3 is 1. The maximum Gasteiger partial charge on any atom is 0.336 e. The van der Waals surface area contributed by atoms with E-state index in [1.807, 2.05) is 36.4 Å². The standard InChI is InChI=1S/C24H20Cl2N4O3/c1-32-13-14-33-24-28-22(17-7-12-20(25)21(26)15-17)30(29-24)19-10-8-18(9-11-19)27-23(31)16-5-3-2-4-6-16/h2-12,15H,13-14H2,1H3,(H,27,31). The van der Waals surface area contributed by atoms with Gasteiger partial charge < -0.3 is 14.8 Å². The zero-order valence-electron chi connectivity index (χ0n) is 17.7. The molecule has 7 nitrogen and oxygen atoms in total. The lowest BCUT2D eigenvalue weighted by Gasteiger charge is -2.09. The van der Waals surface area contributed by atoms with Crippen LogP contribution >= 0.6 is 23.2 Å². The molecule has 1 amide bonds. The molecule has 1 aromatic heterocycles. The molecule has 9 heteroatoms. The first-order chi connectivity index (χ1) is 16.0. The highest BCUT2D eigenvalue weighted by Gasteiger charge is 2.16. The fourth-order valence-electron chi connectivity index (χ4n) is 3.05. The molecule has 168 valence electrons. The van der Waals surface area contributed by atoms with Crippen LogP contribution in [-0.4, -0.2) is 41.0 Å². The van der Waals surface area contributed by atoms with Gasteiger partial charge in [0.2, 0.25) is 0 Å². The van der Waals surface area contributed by atoms with E-state index in [-0.39, 0.29) is 11.9 Å². The highest BCUT2D eigenvalue weighted by Crippen LogP contribution is 2.30. The largest absolute Gasteiger partial charge is 0.460 e. The number of halogens is 2. The molecule has 0 atom stereocenters. The first-order valence-electron chi connectivity index (χ1n) is 10.1. The van der Waals surface area contributed by atoms with E-state index in [1.54, 1.807) is 48.2 Å². The van der Waals surface area contributed by atoms with E-state index in [1.165, 1.54) is 0 Å². The summed E-state index contributed by atoms with van der Waals surface area (Å²) in [6, 6.07) is 21.7. The van der Waals surface area contributed by atoms with Gasteiger partial charge in [-0.2, -0.15) is 4.98 Å². The molecule has 0 fully saturated rings. The Kier molecular flexibility index (Phi) is 7.24. The van der Waals surface area contributed by atoms with E-state index in [0.717, 1.165) is 11.3 Å². The SMILES string of the molecule is COCCOc1nc(-c2ccc(Cl)c(Cl)c2)n(-c2ccc(NC(=O)c3ccccc3)cc2)n1. The van der Waals surface area contributed by atoms with Crippen LogP contribution in [0, 0.1) is 0 Å². The fourth-order valence-corrected chi connectivity index (χ4v) is 3.35. The van der Waals surface area contributed by atoms with E-state index < -0.39 is 0 Å². The number of aromatic nitrogens is 3. The third-order valence-corrected chi connectivity index (χ3v) is 5.43. The molecule has 4 aromatic rings. The Morgan fingerprint density at radius 3 is 2.42 bits per heavy atom. The number of hydrogen-bond donors (Lipinski definition) is 1. The predicted molar refractivity (Wildman–Crippen MR) is 129 cm³/mol. The second-order valence-corrected chi connectivity index (χ2v) is 7.78. The molecule has 0 saturated heterocycles. The summed E-state index contributed by atoms with van der Waals surface area (Å²) in [5.74, 6) is 0.344. The lowest BCUT2D eigenvalue weighted by Crippen LogP contribution is -2.11. The van der Waals surface area contributed by atoms with Crippen molar-refractivity contribution in [2.24, 2.45) is 0 Å². The molecule has 0 unspecified atom stereocenters. The van der Waals surface area contributed by atoms with E-state index in [2.05, 4.69) is 15.4 Å². The van der Waals surface area contributed by atoms with E-state index >= 15 is 0 Å². The molecule has 0 aliphatic carbocycles. The van der Waals surface area contributed by atoms with E-state index in [9.17, 15) is 4.79 Å². The van der Waals surface area contributed by atoms with Gasteiger partial charge >= 0.3 is 6.01 Å². The number of carbonyl (C=O) groups is 1. The Balaban J connectivity index is 1.62. The van der Waals surface area contributed by atoms with Crippen LogP contribution in [0.2, 0.25) is 10.0 Å². The smallest absolute Gasteiger partial charge is 0.336 e. The van der Waals surface area contributed by atoms with Gasteiger partial charge in [0.25, 0.3) is 5.91 Å². The molecular weight excluding hydrogens is 463 g/mol. The van der Waals surface area contributed by atoms with Crippen LogP contribution < -0.4 is 10.1 Å². The van der Waals surface area contributed by atoms with Crippen molar-refractivity contribution in [1.82, 2.24) is 14.8 Å². The van der Waals surface area contributed by atoms with Gasteiger partial charge in [0, 0.05) is 23.9 Å². The summed E-state index contributed by atoms with van der Waals surface area (Å²) in [4.78, 5) is 16.9. The third kappa shape index (κ3) is 5.51. The summed E-state index contributed by atoms with van der Waals surface area (Å²) in [6.45, 7) is 0.720. The average molecular weight is 483 g/mol. The molecule has 0 saturated carbocycles. The normalized spacial score (nSPS) is 10.8. The molecule has 1 N–H and O–H groups in total. The number of amides is 1. The van der Waals surface area contributed by atoms with Crippen molar-refractivity contribution in [2.45, 2.75) is 0 Å². The molecular formula is C24H20Cl2N4O3. The monoisotopic (exact) mass is 482 g/mol. The van der Waals surface area contributed by atoms with Crippen molar-refractivity contribution in [2.75, 3.05) is 25.6 Å². The van der Waals surface area contributed by atoms with Crippen molar-refractivity contribution in [3.63, 3.8) is 0 Å². The maximum atomic E-state index is 12.4. The van der Waals surface area contributed by atoms with Crippen LogP contribution in [-0.2, 0) is 4.74 Å². The quantitative estimate of drug-likeness (QED) is 0.334. The number of nitrogens with one attached hydrogen (secondary N) is 1. The maximum absolute atomic E-state index is 12.4. The van der Waals surface area contributed by atoms with Crippen molar-refractivity contribution < 1.29 is 14.3 Å². The van der Waals surface area contributed by atoms with Gasteiger partial charge in [-0.15, -0.1) is 5.10 Å². The minimum absolute atomic E-state index is 0.186. The number of anilines is 1. The van der Waals surface area contributed by atoms with Crippen LogP contribution in [0.25, 0.3) is 17.1 Å². The van der Waals surface area contributed by atoms with Crippen LogP contribution in [0.3, 0.4) is 0 Å². The number of ether oxygens (including phenoxy) is 2. The summed E-state index contributed by atoms with van der Waals surface area (Å²) in [5.41, 5.74) is 2.68. The highest BCUT2D eigenvalue weighted by molar-refractivity contribution is 6.42. The van der Waals surface area contributed by atoms with Gasteiger partial charge in [0.15, 0.2) is 5.82 Å². The predicted octanol–water partition coefficient (Wildman–Crippen LogP) is 5.52. The van der Waals surface area contributed by atoms with Crippen LogP contribution in [0.5, 0.6) is 6.01 Å². The summed E-state index contributed by atoms with van der Waals surface area (Å²) < 4.78 is 12.3. The second kappa shape index (κ2) is 10.5. The first kappa shape index (κ1) is 22.8. The summed E-state index contributed by atoms with van der Waals surface area (Å²) in [5, 5.41) is 8.22. The van der Waals surface area contributed by atoms with Crippen molar-refractivity contribution >= 4 is 34.8 Å². The molecule has 0 aliphatic rings. The third-order valence-electron chi connectivity index (χ3n) is 4.69. The summed E-state index contributed by atoms with van der Waals surface area (Å²) >= 11 is 12.3. The van der Waals surface area contributed by atoms with E-state index in [0.29, 0.717) is 40.3 Å². The molecule has 0 radical (unpaired) electrons. The molecule has 0 spiro atoms. The van der Waals surface area contributed by atoms with Crippen LogP contribution in [0.15, 0.2) is 72.8 Å². The lowest BCUT2D eigenvalue weighted by atomic mass is 10.2. The van der Waals surface area contributed by atoms with E-state index in [4.69, 9.17) is 32.7 Å². The average Bonchev–Trinajstić information content (AvgIpc) is 3.26. The molecule has 0 bridgehead atoms. The van der Waals surface area contributed by atoms with Crippen molar-refractivity contribution in [3.8, 4) is 23.1 Å². The van der Waals surface area contributed by atoms with Crippen LogP contribution in [0.1, 0.15) is 10.4 Å². The molecule has 4 rings (SSSR count). The fraction of sp³-hybridized carbons (Fsp3) is 0.125. The Morgan fingerprint density at radius 1 is 0.970 bits per heavy atom. The summed E-state index contributed by atoms with van der Waals surface area (Å²) in [6.07, 6.45) is 0. The Bertz CT molecular complexity index is 1240. The van der Waals surface area contributed by atoms with Gasteiger partial charge in [-0.05, 0) is 54.6 Å². The van der Waals surface area contributed by atoms with Gasteiger partial charge in [0.1, 0.15) is 6.61 Å². The lowest BCUT2D eigenvalue weighted by molar-refractivity contribution is 0.102. The van der Waals surface area contributed by atoms with Gasteiger partial charge in [-0.3, -0.25) is 4.79 Å². The molecule has 1 heterocycles. The second-order valence-electron chi connectivity index (χ2n) is 6.97. The Labute approximate surface area is 200 Å². The molecule has 0 aliphatic heterocycles. The highest BCUT2D eigenvalue weighted by atomic mass is 35.5. The van der Waals surface area contributed by atoms with Gasteiger partial charge in [-0.1, -0.05) is 41.4 Å². The molecule has 33 heavy (non-hydrogen) atoms. The first-order valence-corrected chi connectivity index (χ1v) is 10.8. The Morgan fingerprint density at radius 2 is 1.73 bits per heavy atom. The minimum Gasteiger partial charge on any atom is -0.460 e. The van der Waals surface area contributed by atoms with Gasteiger partial charge in [0.05, 0.1) is 22.3 Å². The molecule has 3 aromatic carbocycles.